The second-order valence-corrected chi connectivity index (χ2v) is 6.28. The molecule has 0 unspecified atom stereocenters. The van der Waals surface area contributed by atoms with Gasteiger partial charge in [-0.05, 0) is 37.1 Å². The molecule has 1 amide bonds. The Hall–Kier alpha value is -2.67. The van der Waals surface area contributed by atoms with E-state index in [-0.39, 0.29) is 36.6 Å². The van der Waals surface area contributed by atoms with Gasteiger partial charge in [0, 0.05) is 18.3 Å². The molecule has 0 spiro atoms. The van der Waals surface area contributed by atoms with Gasteiger partial charge >= 0.3 is 0 Å². The fourth-order valence-corrected chi connectivity index (χ4v) is 3.23. The number of carbonyl (C=O) groups excluding carboxylic acids is 1. The Kier molecular flexibility index (Phi) is 4.59. The van der Waals surface area contributed by atoms with Crippen LogP contribution in [0, 0.1) is 12.7 Å². The molecule has 1 saturated heterocycles. The lowest BCUT2D eigenvalue weighted by molar-refractivity contribution is -0.133. The first kappa shape index (κ1) is 17.2. The van der Waals surface area contributed by atoms with Crippen molar-refractivity contribution in [1.29, 1.82) is 0 Å². The van der Waals surface area contributed by atoms with Crippen LogP contribution in [0.4, 0.5) is 4.39 Å². The van der Waals surface area contributed by atoms with E-state index in [9.17, 15) is 24.2 Å². The Labute approximate surface area is 143 Å². The molecule has 6 nitrogen and oxygen atoms in total. The summed E-state index contributed by atoms with van der Waals surface area (Å²) in [7, 11) is 0. The molecule has 25 heavy (non-hydrogen) atoms. The molecular formula is C18H19FN2O4. The average Bonchev–Trinajstić information content (AvgIpc) is 2.93. The Morgan fingerprint density at radius 2 is 1.96 bits per heavy atom. The maximum Gasteiger partial charge on any atom is 0.254 e. The minimum absolute atomic E-state index is 0.146. The van der Waals surface area contributed by atoms with Crippen LogP contribution in [-0.4, -0.2) is 38.2 Å². The number of halogens is 1. The zero-order valence-electron chi connectivity index (χ0n) is 13.7. The van der Waals surface area contributed by atoms with E-state index in [4.69, 9.17) is 0 Å². The summed E-state index contributed by atoms with van der Waals surface area (Å²) >= 11 is 0. The van der Waals surface area contributed by atoms with Gasteiger partial charge in [-0.1, -0.05) is 12.1 Å². The number of aliphatic hydroxyl groups excluding tert-OH is 1. The maximum atomic E-state index is 13.1. The zero-order valence-corrected chi connectivity index (χ0v) is 13.7. The van der Waals surface area contributed by atoms with Crippen molar-refractivity contribution in [2.75, 3.05) is 6.54 Å². The van der Waals surface area contributed by atoms with Gasteiger partial charge in [0.05, 0.1) is 12.1 Å². The number of aliphatic hydroxyl groups is 1. The van der Waals surface area contributed by atoms with Gasteiger partial charge in [0.2, 0.25) is 5.91 Å². The van der Waals surface area contributed by atoms with E-state index in [1.54, 1.807) is 19.1 Å². The molecule has 1 aromatic heterocycles. The number of β-amino-alcohol motifs (C(OH)–C–C–N with tert-alkyl or cyclic N) is 1. The summed E-state index contributed by atoms with van der Waals surface area (Å²) in [6.07, 6.45) is -0.308. The van der Waals surface area contributed by atoms with Gasteiger partial charge in [-0.2, -0.15) is 0 Å². The molecule has 2 atom stereocenters. The Morgan fingerprint density at radius 1 is 1.28 bits per heavy atom. The third-order valence-corrected chi connectivity index (χ3v) is 4.47. The fraction of sp³-hybridized carbons (Fsp3) is 0.333. The van der Waals surface area contributed by atoms with Gasteiger partial charge in [-0.3, -0.25) is 9.59 Å². The molecule has 1 aliphatic rings. The minimum atomic E-state index is -0.670. The summed E-state index contributed by atoms with van der Waals surface area (Å²) in [5.41, 5.74) is 0.737. The van der Waals surface area contributed by atoms with Crippen LogP contribution in [-0.2, 0) is 11.3 Å². The minimum Gasteiger partial charge on any atom is -0.508 e. The van der Waals surface area contributed by atoms with Crippen LogP contribution in [0.25, 0.3) is 0 Å². The average molecular weight is 346 g/mol. The lowest BCUT2D eigenvalue weighted by Gasteiger charge is -2.25. The number of benzene rings is 1. The number of pyridine rings is 1. The molecule has 7 heteroatoms. The molecule has 2 heterocycles. The van der Waals surface area contributed by atoms with E-state index in [1.165, 1.54) is 27.7 Å². The third-order valence-electron chi connectivity index (χ3n) is 4.47. The molecule has 1 aromatic carbocycles. The number of rotatable bonds is 3. The molecule has 3 rings (SSSR count). The van der Waals surface area contributed by atoms with Crippen LogP contribution < -0.4 is 5.56 Å². The van der Waals surface area contributed by atoms with E-state index in [0.29, 0.717) is 12.1 Å². The highest BCUT2D eigenvalue weighted by atomic mass is 19.1. The molecule has 1 fully saturated rings. The summed E-state index contributed by atoms with van der Waals surface area (Å²) in [6.45, 7) is 1.60. The van der Waals surface area contributed by atoms with Crippen LogP contribution in [0.5, 0.6) is 5.75 Å². The fourth-order valence-electron chi connectivity index (χ4n) is 3.23. The molecule has 0 aliphatic carbocycles. The maximum absolute atomic E-state index is 13.1. The Bertz CT molecular complexity index is 847. The van der Waals surface area contributed by atoms with E-state index in [2.05, 4.69) is 0 Å². The molecule has 0 radical (unpaired) electrons. The van der Waals surface area contributed by atoms with Gasteiger partial charge < -0.3 is 19.7 Å². The van der Waals surface area contributed by atoms with Gasteiger partial charge in [0.25, 0.3) is 5.56 Å². The summed E-state index contributed by atoms with van der Waals surface area (Å²) in [6, 6.07) is 7.92. The first-order valence-corrected chi connectivity index (χ1v) is 7.98. The van der Waals surface area contributed by atoms with E-state index >= 15 is 0 Å². The number of aromatic nitrogens is 1. The van der Waals surface area contributed by atoms with Crippen LogP contribution >= 0.6 is 0 Å². The predicted octanol–water partition coefficient (Wildman–Crippen LogP) is 1.34. The number of hydrogen-bond acceptors (Lipinski definition) is 4. The first-order chi connectivity index (χ1) is 11.8. The number of likely N-dealkylation sites (tertiary alicyclic amines) is 1. The van der Waals surface area contributed by atoms with Crippen LogP contribution in [0.1, 0.15) is 23.7 Å². The van der Waals surface area contributed by atoms with Crippen molar-refractivity contribution in [3.8, 4) is 5.75 Å². The molecular weight excluding hydrogens is 327 g/mol. The highest BCUT2D eigenvalue weighted by Crippen LogP contribution is 2.32. The SMILES string of the molecule is Cc1cc(O)cc(=O)n1CC(=O)N1C[C@H](O)C[C@H]1c1ccc(F)cc1. The monoisotopic (exact) mass is 346 g/mol. The summed E-state index contributed by atoms with van der Waals surface area (Å²) < 4.78 is 14.4. The number of carbonyl (C=O) groups is 1. The summed E-state index contributed by atoms with van der Waals surface area (Å²) in [4.78, 5) is 26.2. The van der Waals surface area contributed by atoms with E-state index in [1.807, 2.05) is 0 Å². The van der Waals surface area contributed by atoms with E-state index < -0.39 is 11.7 Å². The van der Waals surface area contributed by atoms with Crippen molar-refractivity contribution in [3.05, 3.63) is 63.8 Å². The van der Waals surface area contributed by atoms with Gasteiger partial charge in [-0.25, -0.2) is 4.39 Å². The van der Waals surface area contributed by atoms with Crippen molar-refractivity contribution in [1.82, 2.24) is 9.47 Å². The smallest absolute Gasteiger partial charge is 0.254 e. The third kappa shape index (κ3) is 3.56. The molecule has 0 bridgehead atoms. The number of aromatic hydroxyl groups is 1. The quantitative estimate of drug-likeness (QED) is 0.879. The van der Waals surface area contributed by atoms with Crippen molar-refractivity contribution >= 4 is 5.91 Å². The highest BCUT2D eigenvalue weighted by molar-refractivity contribution is 5.77. The number of nitrogens with zero attached hydrogens (tertiary/aromatic N) is 2. The largest absolute Gasteiger partial charge is 0.508 e. The Morgan fingerprint density at radius 3 is 2.60 bits per heavy atom. The van der Waals surface area contributed by atoms with Crippen molar-refractivity contribution in [2.45, 2.75) is 32.0 Å². The van der Waals surface area contributed by atoms with Crippen molar-refractivity contribution in [3.63, 3.8) is 0 Å². The van der Waals surface area contributed by atoms with Crippen LogP contribution in [0.3, 0.4) is 0 Å². The van der Waals surface area contributed by atoms with Gasteiger partial charge in [0.15, 0.2) is 0 Å². The summed E-state index contributed by atoms with van der Waals surface area (Å²) in [5.74, 6) is -0.833. The highest BCUT2D eigenvalue weighted by Gasteiger charge is 2.35. The summed E-state index contributed by atoms with van der Waals surface area (Å²) in [5, 5.41) is 19.4. The van der Waals surface area contributed by atoms with Gasteiger partial charge in [-0.15, -0.1) is 0 Å². The predicted molar refractivity (Wildman–Crippen MR) is 88.6 cm³/mol. The van der Waals surface area contributed by atoms with Crippen molar-refractivity contribution < 1.29 is 19.4 Å². The number of hydrogen-bond donors (Lipinski definition) is 2. The molecule has 132 valence electrons. The molecule has 1 aliphatic heterocycles. The standard InChI is InChI=1S/C18H19FN2O4/c1-11-6-14(22)8-17(24)20(11)10-18(25)21-9-15(23)7-16(21)12-2-4-13(19)5-3-12/h2-6,8,15-16,22-23H,7,9-10H2,1H3/t15-,16+/m1/s1. The second kappa shape index (κ2) is 6.68. The van der Waals surface area contributed by atoms with Crippen LogP contribution in [0.15, 0.2) is 41.2 Å². The van der Waals surface area contributed by atoms with E-state index in [0.717, 1.165) is 11.6 Å². The molecule has 0 saturated carbocycles. The topological polar surface area (TPSA) is 82.8 Å². The number of aryl methyl sites for hydroxylation is 1. The lowest BCUT2D eigenvalue weighted by atomic mass is 10.0. The second-order valence-electron chi connectivity index (χ2n) is 6.28. The zero-order chi connectivity index (χ0) is 18.1. The molecule has 2 aromatic rings. The Balaban J connectivity index is 1.85. The first-order valence-electron chi connectivity index (χ1n) is 7.98. The lowest BCUT2D eigenvalue weighted by Crippen LogP contribution is -2.37. The molecule has 2 N–H and O–H groups in total. The van der Waals surface area contributed by atoms with Crippen molar-refractivity contribution in [2.24, 2.45) is 0 Å². The van der Waals surface area contributed by atoms with Crippen LogP contribution in [0.2, 0.25) is 0 Å². The normalized spacial score (nSPS) is 20.0. The number of amides is 1. The van der Waals surface area contributed by atoms with Gasteiger partial charge in [0.1, 0.15) is 18.1 Å².